The van der Waals surface area contributed by atoms with E-state index < -0.39 is 0 Å². The van der Waals surface area contributed by atoms with E-state index in [2.05, 4.69) is 32.4 Å². The Kier molecular flexibility index (Phi) is 4.76. The quantitative estimate of drug-likeness (QED) is 0.643. The molecule has 0 saturated carbocycles. The van der Waals surface area contributed by atoms with Crippen LogP contribution in [0.1, 0.15) is 41.9 Å². The number of aromatic nitrogens is 3. The molecule has 0 spiro atoms. The summed E-state index contributed by atoms with van der Waals surface area (Å²) in [4.78, 5) is 24.1. The summed E-state index contributed by atoms with van der Waals surface area (Å²) in [6.07, 6.45) is 3.79. The van der Waals surface area contributed by atoms with E-state index in [1.807, 2.05) is 47.5 Å². The highest BCUT2D eigenvalue weighted by molar-refractivity contribution is 9.10. The zero-order valence-electron chi connectivity index (χ0n) is 14.7. The Hall–Kier alpha value is -2.21. The summed E-state index contributed by atoms with van der Waals surface area (Å²) in [6.45, 7) is 4.54. The largest absolute Gasteiger partial charge is 0.338 e. The SMILES string of the molecule is CCCn1c([C@@H]2CCN(C(=O)c3ccc(Br)cc3)C2)nc2cccnc21. The van der Waals surface area contributed by atoms with Crippen molar-refractivity contribution in [3.63, 3.8) is 0 Å². The number of hydrogen-bond acceptors (Lipinski definition) is 3. The summed E-state index contributed by atoms with van der Waals surface area (Å²) < 4.78 is 3.21. The van der Waals surface area contributed by atoms with Crippen molar-refractivity contribution in [2.45, 2.75) is 32.2 Å². The molecule has 0 radical (unpaired) electrons. The van der Waals surface area contributed by atoms with Crippen LogP contribution in [0.25, 0.3) is 11.2 Å². The molecular weight excluding hydrogens is 392 g/mol. The summed E-state index contributed by atoms with van der Waals surface area (Å²) in [5.74, 6) is 1.41. The van der Waals surface area contributed by atoms with Crippen molar-refractivity contribution in [3.8, 4) is 0 Å². The first-order valence-corrected chi connectivity index (χ1v) is 9.82. The van der Waals surface area contributed by atoms with Crippen LogP contribution in [0.5, 0.6) is 0 Å². The number of benzene rings is 1. The van der Waals surface area contributed by atoms with E-state index in [1.165, 1.54) is 0 Å². The van der Waals surface area contributed by atoms with Crippen LogP contribution in [0.3, 0.4) is 0 Å². The summed E-state index contributed by atoms with van der Waals surface area (Å²) >= 11 is 3.42. The van der Waals surface area contributed by atoms with Gasteiger partial charge in [-0.15, -0.1) is 0 Å². The summed E-state index contributed by atoms with van der Waals surface area (Å²) in [7, 11) is 0. The van der Waals surface area contributed by atoms with Crippen molar-refractivity contribution < 1.29 is 4.79 Å². The number of aryl methyl sites for hydroxylation is 1. The highest BCUT2D eigenvalue weighted by atomic mass is 79.9. The van der Waals surface area contributed by atoms with E-state index in [9.17, 15) is 4.79 Å². The van der Waals surface area contributed by atoms with Crippen molar-refractivity contribution in [3.05, 3.63) is 58.5 Å². The molecule has 1 saturated heterocycles. The summed E-state index contributed by atoms with van der Waals surface area (Å²) in [5, 5.41) is 0. The zero-order valence-corrected chi connectivity index (χ0v) is 16.3. The number of imidazole rings is 1. The standard InChI is InChI=1S/C20H21BrN4O/c1-2-11-25-18(23-17-4-3-10-22-19(17)25)15-9-12-24(13-15)20(26)14-5-7-16(21)8-6-14/h3-8,10,15H,2,9,11-13H2,1H3/t15-/m1/s1. The number of hydrogen-bond donors (Lipinski definition) is 0. The Balaban J connectivity index is 1.59. The molecule has 134 valence electrons. The van der Waals surface area contributed by atoms with E-state index in [1.54, 1.807) is 0 Å². The lowest BCUT2D eigenvalue weighted by molar-refractivity contribution is 0.0790. The van der Waals surface area contributed by atoms with Crippen molar-refractivity contribution in [2.24, 2.45) is 0 Å². The van der Waals surface area contributed by atoms with Crippen LogP contribution >= 0.6 is 15.9 Å². The Morgan fingerprint density at radius 2 is 2.08 bits per heavy atom. The van der Waals surface area contributed by atoms with Crippen LogP contribution in [-0.4, -0.2) is 38.4 Å². The minimum Gasteiger partial charge on any atom is -0.338 e. The zero-order chi connectivity index (χ0) is 18.1. The van der Waals surface area contributed by atoms with Crippen LogP contribution in [0, 0.1) is 0 Å². The third-order valence-electron chi connectivity index (χ3n) is 4.91. The minimum absolute atomic E-state index is 0.0938. The van der Waals surface area contributed by atoms with Gasteiger partial charge in [0.1, 0.15) is 11.3 Å². The molecule has 1 amide bonds. The second kappa shape index (κ2) is 7.19. The van der Waals surface area contributed by atoms with Gasteiger partial charge in [0, 0.05) is 41.8 Å². The van der Waals surface area contributed by atoms with E-state index in [-0.39, 0.29) is 11.8 Å². The molecule has 6 heteroatoms. The molecule has 0 N–H and O–H groups in total. The van der Waals surface area contributed by atoms with Crippen molar-refractivity contribution >= 4 is 33.0 Å². The number of nitrogens with zero attached hydrogens (tertiary/aromatic N) is 4. The maximum Gasteiger partial charge on any atom is 0.253 e. The van der Waals surface area contributed by atoms with E-state index >= 15 is 0 Å². The topological polar surface area (TPSA) is 51.0 Å². The van der Waals surface area contributed by atoms with Gasteiger partial charge in [-0.25, -0.2) is 9.97 Å². The summed E-state index contributed by atoms with van der Waals surface area (Å²) in [5.41, 5.74) is 2.62. The molecule has 1 aromatic carbocycles. The van der Waals surface area contributed by atoms with Crippen molar-refractivity contribution in [2.75, 3.05) is 13.1 Å². The van der Waals surface area contributed by atoms with Crippen LogP contribution in [0.15, 0.2) is 47.1 Å². The molecule has 0 bridgehead atoms. The van der Waals surface area contributed by atoms with E-state index in [0.717, 1.165) is 53.0 Å². The first kappa shape index (κ1) is 17.2. The number of carbonyl (C=O) groups excluding carboxylic acids is 1. The number of amides is 1. The number of pyridine rings is 1. The molecule has 1 aliphatic rings. The molecule has 3 heterocycles. The number of carbonyl (C=O) groups is 1. The maximum absolute atomic E-state index is 12.8. The second-order valence-electron chi connectivity index (χ2n) is 6.71. The number of likely N-dealkylation sites (tertiary alicyclic amines) is 1. The van der Waals surface area contributed by atoms with E-state index in [4.69, 9.17) is 4.98 Å². The molecular formula is C20H21BrN4O. The lowest BCUT2D eigenvalue weighted by atomic mass is 10.1. The average Bonchev–Trinajstić information content (AvgIpc) is 3.27. The highest BCUT2D eigenvalue weighted by Crippen LogP contribution is 2.30. The van der Waals surface area contributed by atoms with Gasteiger partial charge < -0.3 is 9.47 Å². The molecule has 0 unspecified atom stereocenters. The average molecular weight is 413 g/mol. The summed E-state index contributed by atoms with van der Waals surface area (Å²) in [6, 6.07) is 11.5. The molecule has 1 atom stereocenters. The van der Waals surface area contributed by atoms with Gasteiger partial charge >= 0.3 is 0 Å². The molecule has 1 fully saturated rings. The lowest BCUT2D eigenvalue weighted by Gasteiger charge is -2.17. The minimum atomic E-state index is 0.0938. The fraction of sp³-hybridized carbons (Fsp3) is 0.350. The van der Waals surface area contributed by atoms with E-state index in [0.29, 0.717) is 6.54 Å². The molecule has 1 aliphatic heterocycles. The number of rotatable bonds is 4. The predicted octanol–water partition coefficient (Wildman–Crippen LogP) is 4.23. The fourth-order valence-corrected chi connectivity index (χ4v) is 3.93. The first-order chi connectivity index (χ1) is 12.7. The third-order valence-corrected chi connectivity index (χ3v) is 5.44. The molecule has 26 heavy (non-hydrogen) atoms. The molecule has 5 nitrogen and oxygen atoms in total. The fourth-order valence-electron chi connectivity index (χ4n) is 3.66. The molecule has 3 aromatic rings. The van der Waals surface area contributed by atoms with Gasteiger partial charge in [-0.1, -0.05) is 22.9 Å². The predicted molar refractivity (Wildman–Crippen MR) is 105 cm³/mol. The second-order valence-corrected chi connectivity index (χ2v) is 7.63. The first-order valence-electron chi connectivity index (χ1n) is 9.03. The van der Waals surface area contributed by atoms with Gasteiger partial charge in [0.15, 0.2) is 5.65 Å². The van der Waals surface area contributed by atoms with Gasteiger partial charge in [-0.2, -0.15) is 0 Å². The van der Waals surface area contributed by atoms with Gasteiger partial charge in [0.25, 0.3) is 5.91 Å². The highest BCUT2D eigenvalue weighted by Gasteiger charge is 2.31. The van der Waals surface area contributed by atoms with Crippen molar-refractivity contribution in [1.82, 2.24) is 19.4 Å². The Bertz CT molecular complexity index is 935. The maximum atomic E-state index is 12.8. The Morgan fingerprint density at radius 3 is 2.85 bits per heavy atom. The van der Waals surface area contributed by atoms with Crippen LogP contribution in [0.4, 0.5) is 0 Å². The Labute approximate surface area is 161 Å². The molecule has 0 aliphatic carbocycles. The monoisotopic (exact) mass is 412 g/mol. The normalized spacial score (nSPS) is 17.2. The van der Waals surface area contributed by atoms with Gasteiger partial charge in [-0.05, 0) is 49.2 Å². The Morgan fingerprint density at radius 1 is 1.27 bits per heavy atom. The lowest BCUT2D eigenvalue weighted by Crippen LogP contribution is -2.28. The number of halogens is 1. The third kappa shape index (κ3) is 3.14. The van der Waals surface area contributed by atoms with Crippen LogP contribution < -0.4 is 0 Å². The van der Waals surface area contributed by atoms with Gasteiger partial charge in [0.05, 0.1) is 0 Å². The van der Waals surface area contributed by atoms with Gasteiger partial charge in [0.2, 0.25) is 0 Å². The smallest absolute Gasteiger partial charge is 0.253 e. The van der Waals surface area contributed by atoms with Crippen molar-refractivity contribution in [1.29, 1.82) is 0 Å². The molecule has 4 rings (SSSR count). The number of fused-ring (bicyclic) bond motifs is 1. The van der Waals surface area contributed by atoms with Crippen LogP contribution in [-0.2, 0) is 6.54 Å². The van der Waals surface area contributed by atoms with Crippen LogP contribution in [0.2, 0.25) is 0 Å². The van der Waals surface area contributed by atoms with Gasteiger partial charge in [-0.3, -0.25) is 4.79 Å². The molecule has 2 aromatic heterocycles.